The molecular weight excluding hydrogens is 392 g/mol. The molecule has 0 saturated heterocycles. The molecule has 146 valence electrons. The Hall–Kier alpha value is -2.48. The van der Waals surface area contributed by atoms with E-state index < -0.39 is 16.1 Å². The summed E-state index contributed by atoms with van der Waals surface area (Å²) >= 11 is 1.50. The monoisotopic (exact) mass is 414 g/mol. The van der Waals surface area contributed by atoms with Gasteiger partial charge in [-0.3, -0.25) is 4.79 Å². The molecule has 0 fully saturated rings. The van der Waals surface area contributed by atoms with E-state index in [4.69, 9.17) is 0 Å². The molecule has 1 amide bonds. The summed E-state index contributed by atoms with van der Waals surface area (Å²) in [5.41, 5.74) is 2.09. The molecule has 0 unspecified atom stereocenters. The van der Waals surface area contributed by atoms with Gasteiger partial charge in [0, 0.05) is 23.1 Å². The fourth-order valence-corrected chi connectivity index (χ4v) is 4.49. The molecule has 5 nitrogen and oxygen atoms in total. The van der Waals surface area contributed by atoms with E-state index in [1.807, 2.05) is 47.4 Å². The number of hydrogen-bond donors (Lipinski definition) is 2. The second-order valence-electron chi connectivity index (χ2n) is 6.28. The lowest BCUT2D eigenvalue weighted by molar-refractivity contribution is -0.114. The molecule has 0 aliphatic rings. The van der Waals surface area contributed by atoms with E-state index >= 15 is 0 Å². The quantitative estimate of drug-likeness (QED) is 0.425. The summed E-state index contributed by atoms with van der Waals surface area (Å²) in [6, 6.07) is 16.2. The van der Waals surface area contributed by atoms with Crippen molar-refractivity contribution in [3.05, 3.63) is 64.9 Å². The van der Waals surface area contributed by atoms with Crippen molar-refractivity contribution in [2.45, 2.75) is 19.8 Å². The van der Waals surface area contributed by atoms with Gasteiger partial charge < -0.3 is 0 Å². The van der Waals surface area contributed by atoms with Crippen molar-refractivity contribution in [2.75, 3.05) is 6.54 Å². The molecule has 0 radical (unpaired) electrons. The van der Waals surface area contributed by atoms with E-state index in [9.17, 15) is 13.2 Å². The Labute approximate surface area is 169 Å². The van der Waals surface area contributed by atoms with E-state index in [1.54, 1.807) is 6.08 Å². The van der Waals surface area contributed by atoms with Crippen LogP contribution >= 0.6 is 11.3 Å². The zero-order valence-corrected chi connectivity index (χ0v) is 17.1. The Bertz CT molecular complexity index is 1100. The molecular formula is C21H22N2O3S2. The Kier molecular flexibility index (Phi) is 6.61. The minimum Gasteiger partial charge on any atom is -0.269 e. The molecule has 2 N–H and O–H groups in total. The lowest BCUT2D eigenvalue weighted by Crippen LogP contribution is -2.39. The van der Waals surface area contributed by atoms with Gasteiger partial charge in [0.1, 0.15) is 0 Å². The maximum atomic E-state index is 12.0. The van der Waals surface area contributed by atoms with E-state index in [0.717, 1.165) is 33.2 Å². The topological polar surface area (TPSA) is 75.3 Å². The number of benzene rings is 2. The second kappa shape index (κ2) is 9.14. The predicted octanol–water partition coefficient (Wildman–Crippen LogP) is 4.33. The molecule has 7 heteroatoms. The maximum absolute atomic E-state index is 12.0. The highest BCUT2D eigenvalue weighted by Crippen LogP contribution is 2.34. The number of unbranched alkanes of at least 4 members (excludes halogenated alkanes) is 1. The van der Waals surface area contributed by atoms with Gasteiger partial charge in [-0.15, -0.1) is 11.3 Å². The van der Waals surface area contributed by atoms with Crippen LogP contribution in [0.25, 0.3) is 28.0 Å². The molecule has 2 aromatic carbocycles. The SMILES string of the molecule is CCCCNS(=O)(=O)NC(=O)C=Cc1sccc1-c1cccc2ccccc12. The average molecular weight is 415 g/mol. The zero-order chi connectivity index (χ0) is 20.0. The summed E-state index contributed by atoms with van der Waals surface area (Å²) in [4.78, 5) is 12.9. The number of fused-ring (bicyclic) bond motifs is 1. The third-order valence-corrected chi connectivity index (χ3v) is 6.15. The highest BCUT2D eigenvalue weighted by Gasteiger charge is 2.12. The summed E-state index contributed by atoms with van der Waals surface area (Å²) in [5.74, 6) is -0.679. The second-order valence-corrected chi connectivity index (χ2v) is 8.72. The van der Waals surface area contributed by atoms with Crippen LogP contribution in [0.2, 0.25) is 0 Å². The Balaban J connectivity index is 1.78. The smallest absolute Gasteiger partial charge is 0.269 e. The first-order valence-electron chi connectivity index (χ1n) is 9.05. The number of carbonyl (C=O) groups excluding carboxylic acids is 1. The molecule has 28 heavy (non-hydrogen) atoms. The van der Waals surface area contributed by atoms with Crippen molar-refractivity contribution < 1.29 is 13.2 Å². The van der Waals surface area contributed by atoms with E-state index in [1.165, 1.54) is 17.4 Å². The number of nitrogens with one attached hydrogen (secondary N) is 2. The van der Waals surface area contributed by atoms with E-state index in [0.29, 0.717) is 13.0 Å². The normalized spacial score (nSPS) is 11.9. The Morgan fingerprint density at radius 3 is 2.68 bits per heavy atom. The highest BCUT2D eigenvalue weighted by molar-refractivity contribution is 7.88. The molecule has 0 aliphatic heterocycles. The molecule has 3 rings (SSSR count). The van der Waals surface area contributed by atoms with Gasteiger partial charge in [-0.05, 0) is 40.3 Å². The fourth-order valence-electron chi connectivity index (χ4n) is 2.87. The van der Waals surface area contributed by atoms with Gasteiger partial charge in [0.05, 0.1) is 0 Å². The average Bonchev–Trinajstić information content (AvgIpc) is 3.14. The summed E-state index contributed by atoms with van der Waals surface area (Å²) < 4.78 is 28.0. The Morgan fingerprint density at radius 2 is 1.86 bits per heavy atom. The van der Waals surface area contributed by atoms with Crippen molar-refractivity contribution in [3.63, 3.8) is 0 Å². The van der Waals surface area contributed by atoms with Crippen LogP contribution in [0.15, 0.2) is 60.0 Å². The first-order chi connectivity index (χ1) is 13.5. The van der Waals surface area contributed by atoms with Crippen LogP contribution in [0.1, 0.15) is 24.6 Å². The molecule has 0 saturated carbocycles. The van der Waals surface area contributed by atoms with Crippen molar-refractivity contribution in [2.24, 2.45) is 0 Å². The van der Waals surface area contributed by atoms with Crippen molar-refractivity contribution in [3.8, 4) is 11.1 Å². The summed E-state index contributed by atoms with van der Waals surface area (Å²) in [6.45, 7) is 2.27. The fraction of sp³-hybridized carbons (Fsp3) is 0.190. The van der Waals surface area contributed by atoms with Crippen LogP contribution in [-0.4, -0.2) is 20.9 Å². The highest BCUT2D eigenvalue weighted by atomic mass is 32.2. The standard InChI is InChI=1S/C21H22N2O3S2/c1-2-3-14-22-28(25,26)23-21(24)12-11-20-19(13-15-27-20)18-10-6-8-16-7-4-5-9-17(16)18/h4-13,15,22H,2-3,14H2,1H3,(H,23,24). The molecule has 0 bridgehead atoms. The zero-order valence-electron chi connectivity index (χ0n) is 15.5. The summed E-state index contributed by atoms with van der Waals surface area (Å²) in [5, 5.41) is 4.23. The van der Waals surface area contributed by atoms with Crippen LogP contribution in [0.5, 0.6) is 0 Å². The first kappa shape index (κ1) is 20.3. The van der Waals surface area contributed by atoms with Gasteiger partial charge in [-0.25, -0.2) is 4.72 Å². The predicted molar refractivity (Wildman–Crippen MR) is 116 cm³/mol. The first-order valence-corrected chi connectivity index (χ1v) is 11.4. The Morgan fingerprint density at radius 1 is 1.07 bits per heavy atom. The van der Waals surface area contributed by atoms with Gasteiger partial charge >= 0.3 is 10.2 Å². The number of amides is 1. The summed E-state index contributed by atoms with van der Waals surface area (Å²) in [6.07, 6.45) is 4.48. The van der Waals surface area contributed by atoms with E-state index in [-0.39, 0.29) is 0 Å². The van der Waals surface area contributed by atoms with Crippen molar-refractivity contribution >= 4 is 44.3 Å². The van der Waals surface area contributed by atoms with Crippen LogP contribution in [0, 0.1) is 0 Å². The van der Waals surface area contributed by atoms with Gasteiger partial charge in [0.2, 0.25) is 0 Å². The molecule has 0 atom stereocenters. The largest absolute Gasteiger partial charge is 0.301 e. The van der Waals surface area contributed by atoms with Crippen molar-refractivity contribution in [1.82, 2.24) is 9.44 Å². The number of thiophene rings is 1. The van der Waals surface area contributed by atoms with Crippen LogP contribution in [0.4, 0.5) is 0 Å². The minimum atomic E-state index is -3.83. The maximum Gasteiger partial charge on any atom is 0.301 e. The van der Waals surface area contributed by atoms with E-state index in [2.05, 4.69) is 22.9 Å². The number of rotatable bonds is 8. The summed E-state index contributed by atoms with van der Waals surface area (Å²) in [7, 11) is -3.83. The molecule has 0 aliphatic carbocycles. The van der Waals surface area contributed by atoms with Crippen molar-refractivity contribution in [1.29, 1.82) is 0 Å². The van der Waals surface area contributed by atoms with Crippen LogP contribution < -0.4 is 9.44 Å². The van der Waals surface area contributed by atoms with Gasteiger partial charge in [-0.1, -0.05) is 55.8 Å². The minimum absolute atomic E-state index is 0.305. The lowest BCUT2D eigenvalue weighted by atomic mass is 9.99. The molecule has 3 aromatic rings. The number of hydrogen-bond acceptors (Lipinski definition) is 4. The van der Waals surface area contributed by atoms with Crippen LogP contribution in [0.3, 0.4) is 0 Å². The van der Waals surface area contributed by atoms with Gasteiger partial charge in [0.15, 0.2) is 0 Å². The van der Waals surface area contributed by atoms with Gasteiger partial charge in [0.25, 0.3) is 5.91 Å². The third-order valence-electron chi connectivity index (χ3n) is 4.22. The lowest BCUT2D eigenvalue weighted by Gasteiger charge is -2.07. The molecule has 1 aromatic heterocycles. The van der Waals surface area contributed by atoms with Gasteiger partial charge in [-0.2, -0.15) is 13.1 Å². The third kappa shape index (κ3) is 5.07. The number of carbonyl (C=O) groups is 1. The van der Waals surface area contributed by atoms with Crippen LogP contribution in [-0.2, 0) is 15.0 Å². The molecule has 1 heterocycles. The molecule has 0 spiro atoms.